The molecule has 2 aromatic carbocycles. The highest BCUT2D eigenvalue weighted by atomic mass is 32.2. The standard InChI is InChI=1S/C21H20N4OS/c1-14-19-18(27-17-11-7-6-10-16(17)26-2)13-25(20(19)24-21(22)23-14)12-15-8-4-3-5-9-15/h3-11,13H,12H2,1-2H3,(H2,22,23,24). The van der Waals surface area contributed by atoms with Crippen LogP contribution in [0.25, 0.3) is 11.0 Å². The van der Waals surface area contributed by atoms with Gasteiger partial charge in [0.1, 0.15) is 11.4 Å². The fraction of sp³-hybridized carbons (Fsp3) is 0.143. The van der Waals surface area contributed by atoms with E-state index in [1.165, 1.54) is 5.56 Å². The summed E-state index contributed by atoms with van der Waals surface area (Å²) in [6.07, 6.45) is 2.12. The van der Waals surface area contributed by atoms with Gasteiger partial charge in [0.25, 0.3) is 0 Å². The molecule has 4 rings (SSSR count). The summed E-state index contributed by atoms with van der Waals surface area (Å²) in [5, 5.41) is 1.02. The normalized spacial score (nSPS) is 11.0. The van der Waals surface area contributed by atoms with Gasteiger partial charge in [-0.1, -0.05) is 54.2 Å². The summed E-state index contributed by atoms with van der Waals surface area (Å²) in [6.45, 7) is 2.69. The van der Waals surface area contributed by atoms with Crippen molar-refractivity contribution >= 4 is 28.7 Å². The van der Waals surface area contributed by atoms with Gasteiger partial charge >= 0.3 is 0 Å². The highest BCUT2D eigenvalue weighted by molar-refractivity contribution is 7.99. The zero-order chi connectivity index (χ0) is 18.8. The molecule has 2 heterocycles. The van der Waals surface area contributed by atoms with Gasteiger partial charge in [-0.25, -0.2) is 4.98 Å². The van der Waals surface area contributed by atoms with E-state index in [4.69, 9.17) is 10.5 Å². The molecule has 0 bridgehead atoms. The molecule has 0 atom stereocenters. The summed E-state index contributed by atoms with van der Waals surface area (Å²) >= 11 is 1.65. The number of benzene rings is 2. The fourth-order valence-electron chi connectivity index (χ4n) is 3.14. The molecule has 2 aromatic heterocycles. The van der Waals surface area contributed by atoms with E-state index in [9.17, 15) is 0 Å². The second-order valence-corrected chi connectivity index (χ2v) is 7.31. The first-order valence-electron chi connectivity index (χ1n) is 8.63. The third kappa shape index (κ3) is 3.48. The molecule has 0 radical (unpaired) electrons. The minimum absolute atomic E-state index is 0.293. The van der Waals surface area contributed by atoms with E-state index in [-0.39, 0.29) is 0 Å². The summed E-state index contributed by atoms with van der Waals surface area (Å²) < 4.78 is 7.63. The molecular weight excluding hydrogens is 356 g/mol. The minimum atomic E-state index is 0.293. The average Bonchev–Trinajstić information content (AvgIpc) is 3.00. The third-order valence-electron chi connectivity index (χ3n) is 4.36. The van der Waals surface area contributed by atoms with Gasteiger partial charge in [0.05, 0.1) is 23.1 Å². The third-order valence-corrected chi connectivity index (χ3v) is 5.45. The molecular formula is C21H20N4OS. The van der Waals surface area contributed by atoms with Crippen LogP contribution in [-0.4, -0.2) is 21.6 Å². The van der Waals surface area contributed by atoms with Gasteiger partial charge in [-0.05, 0) is 24.6 Å². The van der Waals surface area contributed by atoms with Crippen LogP contribution in [0.2, 0.25) is 0 Å². The van der Waals surface area contributed by atoms with Gasteiger partial charge < -0.3 is 15.0 Å². The highest BCUT2D eigenvalue weighted by Gasteiger charge is 2.17. The highest BCUT2D eigenvalue weighted by Crippen LogP contribution is 2.40. The van der Waals surface area contributed by atoms with Gasteiger partial charge in [-0.3, -0.25) is 0 Å². The molecule has 6 heteroatoms. The van der Waals surface area contributed by atoms with Crippen LogP contribution in [-0.2, 0) is 6.54 Å². The summed E-state index contributed by atoms with van der Waals surface area (Å²) in [6, 6.07) is 18.3. The molecule has 0 aliphatic heterocycles. The number of fused-ring (bicyclic) bond motifs is 1. The zero-order valence-corrected chi connectivity index (χ0v) is 16.0. The van der Waals surface area contributed by atoms with Crippen molar-refractivity contribution in [1.29, 1.82) is 0 Å². The molecule has 0 amide bonds. The summed E-state index contributed by atoms with van der Waals surface area (Å²) in [4.78, 5) is 11.0. The maximum atomic E-state index is 5.93. The quantitative estimate of drug-likeness (QED) is 0.554. The van der Waals surface area contributed by atoms with E-state index >= 15 is 0 Å². The van der Waals surface area contributed by atoms with Crippen LogP contribution < -0.4 is 10.5 Å². The van der Waals surface area contributed by atoms with Crippen molar-refractivity contribution in [2.75, 3.05) is 12.8 Å². The van der Waals surface area contributed by atoms with E-state index in [0.29, 0.717) is 5.95 Å². The van der Waals surface area contributed by atoms with Gasteiger partial charge in [0.15, 0.2) is 0 Å². The summed E-state index contributed by atoms with van der Waals surface area (Å²) in [7, 11) is 1.69. The van der Waals surface area contributed by atoms with Crippen molar-refractivity contribution in [2.24, 2.45) is 0 Å². The van der Waals surface area contributed by atoms with E-state index in [1.807, 2.05) is 43.3 Å². The molecule has 0 aliphatic rings. The Balaban J connectivity index is 1.83. The molecule has 0 spiro atoms. The lowest BCUT2D eigenvalue weighted by Crippen LogP contribution is -2.03. The van der Waals surface area contributed by atoms with E-state index in [0.717, 1.165) is 38.8 Å². The molecule has 27 heavy (non-hydrogen) atoms. The molecule has 2 N–H and O–H groups in total. The lowest BCUT2D eigenvalue weighted by Gasteiger charge is -2.07. The molecule has 0 saturated carbocycles. The number of nitrogens with two attached hydrogens (primary N) is 1. The smallest absolute Gasteiger partial charge is 0.222 e. The van der Waals surface area contributed by atoms with Gasteiger partial charge in [-0.2, -0.15) is 4.98 Å². The average molecular weight is 376 g/mol. The number of hydrogen-bond donors (Lipinski definition) is 1. The van der Waals surface area contributed by atoms with Crippen LogP contribution in [0.5, 0.6) is 5.75 Å². The molecule has 0 aliphatic carbocycles. The van der Waals surface area contributed by atoms with E-state index in [2.05, 4.69) is 38.9 Å². The molecule has 0 unspecified atom stereocenters. The molecule has 0 saturated heterocycles. The predicted molar refractivity (Wildman–Crippen MR) is 109 cm³/mol. The topological polar surface area (TPSA) is 66.0 Å². The van der Waals surface area contributed by atoms with Crippen LogP contribution in [0.15, 0.2) is 70.6 Å². The number of nitrogen functional groups attached to an aromatic ring is 1. The van der Waals surface area contributed by atoms with Gasteiger partial charge in [-0.15, -0.1) is 0 Å². The Morgan fingerprint density at radius 1 is 1.00 bits per heavy atom. The van der Waals surface area contributed by atoms with Crippen molar-refractivity contribution in [1.82, 2.24) is 14.5 Å². The summed E-state index contributed by atoms with van der Waals surface area (Å²) in [5.41, 5.74) is 8.86. The monoisotopic (exact) mass is 376 g/mol. The number of ether oxygens (including phenoxy) is 1. The van der Waals surface area contributed by atoms with Crippen molar-refractivity contribution < 1.29 is 4.74 Å². The number of anilines is 1. The SMILES string of the molecule is COc1ccccc1Sc1cn(Cc2ccccc2)c2nc(N)nc(C)c12. The Kier molecular flexibility index (Phi) is 4.73. The molecule has 5 nitrogen and oxygen atoms in total. The van der Waals surface area contributed by atoms with Gasteiger partial charge in [0, 0.05) is 17.6 Å². The second-order valence-electron chi connectivity index (χ2n) is 6.23. The number of aryl methyl sites for hydroxylation is 1. The Hall–Kier alpha value is -2.99. The maximum absolute atomic E-state index is 5.93. The van der Waals surface area contributed by atoms with E-state index < -0.39 is 0 Å². The zero-order valence-electron chi connectivity index (χ0n) is 15.2. The van der Waals surface area contributed by atoms with Crippen molar-refractivity contribution in [3.63, 3.8) is 0 Å². The van der Waals surface area contributed by atoms with E-state index in [1.54, 1.807) is 18.9 Å². The van der Waals surface area contributed by atoms with Crippen molar-refractivity contribution in [2.45, 2.75) is 23.3 Å². The Labute approximate surface area is 162 Å². The number of para-hydroxylation sites is 1. The first-order valence-corrected chi connectivity index (χ1v) is 9.45. The summed E-state index contributed by atoms with van der Waals surface area (Å²) in [5.74, 6) is 1.14. The minimum Gasteiger partial charge on any atom is -0.496 e. The maximum Gasteiger partial charge on any atom is 0.222 e. The second kappa shape index (κ2) is 7.32. The first kappa shape index (κ1) is 17.4. The van der Waals surface area contributed by atoms with Crippen LogP contribution in [0, 0.1) is 6.92 Å². The first-order chi connectivity index (χ1) is 13.2. The Morgan fingerprint density at radius 3 is 2.52 bits per heavy atom. The van der Waals surface area contributed by atoms with Gasteiger partial charge in [0.2, 0.25) is 5.95 Å². The molecule has 0 fully saturated rings. The number of rotatable bonds is 5. The molecule has 136 valence electrons. The van der Waals surface area contributed by atoms with Crippen LogP contribution in [0.1, 0.15) is 11.3 Å². The largest absolute Gasteiger partial charge is 0.496 e. The number of nitrogens with zero attached hydrogens (tertiary/aromatic N) is 3. The van der Waals surface area contributed by atoms with Crippen molar-refractivity contribution in [3.05, 3.63) is 72.1 Å². The Morgan fingerprint density at radius 2 is 1.74 bits per heavy atom. The fourth-order valence-corrected chi connectivity index (χ4v) is 4.30. The van der Waals surface area contributed by atoms with Crippen LogP contribution in [0.4, 0.5) is 5.95 Å². The predicted octanol–water partition coefficient (Wildman–Crippen LogP) is 4.53. The van der Waals surface area contributed by atoms with Crippen LogP contribution in [0.3, 0.4) is 0 Å². The Bertz CT molecular complexity index is 1090. The van der Waals surface area contributed by atoms with Crippen molar-refractivity contribution in [3.8, 4) is 5.75 Å². The lowest BCUT2D eigenvalue weighted by molar-refractivity contribution is 0.405. The molecule has 4 aromatic rings. The number of hydrogen-bond acceptors (Lipinski definition) is 5. The van der Waals surface area contributed by atoms with Crippen LogP contribution >= 0.6 is 11.8 Å². The lowest BCUT2D eigenvalue weighted by atomic mass is 10.2. The number of methoxy groups -OCH3 is 1. The number of aromatic nitrogens is 3.